The molecule has 0 saturated heterocycles. The maximum Gasteiger partial charge on any atom is 0.297 e. The van der Waals surface area contributed by atoms with Crippen LogP contribution in [0.3, 0.4) is 0 Å². The van der Waals surface area contributed by atoms with E-state index in [2.05, 4.69) is 4.74 Å². The van der Waals surface area contributed by atoms with Crippen LogP contribution in [0, 0.1) is 0 Å². The van der Waals surface area contributed by atoms with E-state index in [9.17, 15) is 5.11 Å². The Balaban J connectivity index is 1.68. The van der Waals surface area contributed by atoms with Gasteiger partial charge in [-0.05, 0) is 18.2 Å². The summed E-state index contributed by atoms with van der Waals surface area (Å²) < 4.78 is 10.1. The van der Waals surface area contributed by atoms with Gasteiger partial charge in [-0.15, -0.1) is 0 Å². The highest BCUT2D eigenvalue weighted by atomic mass is 16.5. The predicted octanol–water partition coefficient (Wildman–Crippen LogP) is 3.00. The van der Waals surface area contributed by atoms with Gasteiger partial charge in [-0.2, -0.15) is 0 Å². The van der Waals surface area contributed by atoms with E-state index >= 15 is 0 Å². The molecule has 3 rings (SSSR count). The summed E-state index contributed by atoms with van der Waals surface area (Å²) in [6.07, 6.45) is 1.90. The fourth-order valence-electron chi connectivity index (χ4n) is 2.12. The van der Waals surface area contributed by atoms with Crippen molar-refractivity contribution in [2.45, 2.75) is 0 Å². The van der Waals surface area contributed by atoms with Crippen molar-refractivity contribution >= 4 is 5.69 Å². The largest absolute Gasteiger partial charge is 0.577 e. The van der Waals surface area contributed by atoms with Gasteiger partial charge < -0.3 is 19.5 Å². The number of anilines is 1. The predicted molar refractivity (Wildman–Crippen MR) is 78.2 cm³/mol. The Morgan fingerprint density at radius 1 is 1.15 bits per heavy atom. The minimum atomic E-state index is 0.190. The summed E-state index contributed by atoms with van der Waals surface area (Å²) in [5.41, 5.74) is 1.04. The molecule has 0 unspecified atom stereocenters. The molecule has 2 aromatic carbocycles. The van der Waals surface area contributed by atoms with Crippen LogP contribution in [0.25, 0.3) is 0 Å². The number of nitrogens with zero attached hydrogens (tertiary/aromatic N) is 1. The number of rotatable bonds is 3. The zero-order valence-corrected chi connectivity index (χ0v) is 11.2. The summed E-state index contributed by atoms with van der Waals surface area (Å²) in [4.78, 5) is 1.98. The Labute approximate surface area is 117 Å². The third kappa shape index (κ3) is 2.28. The molecule has 1 aliphatic rings. The molecule has 102 valence electrons. The number of hydrogen-bond acceptors (Lipinski definition) is 3. The van der Waals surface area contributed by atoms with Gasteiger partial charge in [0.25, 0.3) is 5.75 Å². The summed E-state index contributed by atoms with van der Waals surface area (Å²) in [5.74, 6) is 2.38. The first-order valence-corrected chi connectivity index (χ1v) is 6.42. The van der Waals surface area contributed by atoms with Gasteiger partial charge in [-0.25, -0.2) is 0 Å². The highest BCUT2D eigenvalue weighted by Crippen LogP contribution is 2.37. The van der Waals surface area contributed by atoms with Crippen LogP contribution in [0.5, 0.6) is 17.2 Å². The number of benzene rings is 2. The summed E-state index contributed by atoms with van der Waals surface area (Å²) in [5, 5.41) is 9.64. The summed E-state index contributed by atoms with van der Waals surface area (Å²) in [7, 11) is 1.96. The molecule has 20 heavy (non-hydrogen) atoms. The Morgan fingerprint density at radius 3 is 2.70 bits per heavy atom. The van der Waals surface area contributed by atoms with E-state index in [4.69, 9.17) is 4.74 Å². The van der Waals surface area contributed by atoms with Crippen molar-refractivity contribution in [3.63, 3.8) is 0 Å². The minimum absolute atomic E-state index is 0.190. The van der Waals surface area contributed by atoms with E-state index in [1.807, 2.05) is 48.4 Å². The number of aromatic hydroxyl groups is 2. The molecule has 4 heteroatoms. The monoisotopic (exact) mass is 270 g/mol. The summed E-state index contributed by atoms with van der Waals surface area (Å²) in [6.45, 7) is 0.450. The maximum atomic E-state index is 9.64. The highest BCUT2D eigenvalue weighted by Gasteiger charge is 2.22. The third-order valence-electron chi connectivity index (χ3n) is 3.18. The molecule has 0 amide bonds. The number of aliphatic hydroxyl groups is 1. The first-order valence-electron chi connectivity index (χ1n) is 6.42. The van der Waals surface area contributed by atoms with Crippen LogP contribution in [0.2, 0.25) is 0 Å². The van der Waals surface area contributed by atoms with Gasteiger partial charge in [0, 0.05) is 13.1 Å². The van der Waals surface area contributed by atoms with E-state index in [1.165, 1.54) is 0 Å². The molecule has 0 spiro atoms. The molecule has 0 saturated carbocycles. The second-order valence-corrected chi connectivity index (χ2v) is 4.50. The van der Waals surface area contributed by atoms with E-state index in [0.29, 0.717) is 12.4 Å². The SMILES string of the molecule is CN1/C(=C\C[OH+]c2ccccc2O)Oc2ccccc21. The average Bonchev–Trinajstić information content (AvgIpc) is 2.78. The van der Waals surface area contributed by atoms with Crippen molar-refractivity contribution in [1.82, 2.24) is 0 Å². The molecular formula is C16H16NO3+. The fraction of sp³-hybridized carbons (Fsp3) is 0.125. The van der Waals surface area contributed by atoms with Gasteiger partial charge in [0.1, 0.15) is 0 Å². The first-order chi connectivity index (χ1) is 9.75. The lowest BCUT2D eigenvalue weighted by Gasteiger charge is -2.10. The third-order valence-corrected chi connectivity index (χ3v) is 3.18. The Hall–Kier alpha value is -2.62. The number of hydrogen-bond donors (Lipinski definition) is 1. The molecule has 0 aliphatic carbocycles. The van der Waals surface area contributed by atoms with Crippen molar-refractivity contribution in [1.29, 1.82) is 0 Å². The first kappa shape index (κ1) is 12.4. The zero-order chi connectivity index (χ0) is 13.9. The Morgan fingerprint density at radius 2 is 1.90 bits per heavy atom. The van der Waals surface area contributed by atoms with Crippen molar-refractivity contribution in [3.8, 4) is 17.2 Å². The molecule has 0 atom stereocenters. The number of ether oxygens (including phenoxy) is 2. The van der Waals surface area contributed by atoms with Crippen LogP contribution in [0.15, 0.2) is 60.5 Å². The van der Waals surface area contributed by atoms with Gasteiger partial charge in [-0.1, -0.05) is 24.3 Å². The lowest BCUT2D eigenvalue weighted by atomic mass is 10.3. The molecular weight excluding hydrogens is 254 g/mol. The topological polar surface area (TPSA) is 45.5 Å². The molecule has 1 aliphatic heterocycles. The molecule has 4 nitrogen and oxygen atoms in total. The second-order valence-electron chi connectivity index (χ2n) is 4.50. The van der Waals surface area contributed by atoms with E-state index in [0.717, 1.165) is 17.3 Å². The smallest absolute Gasteiger partial charge is 0.297 e. The van der Waals surface area contributed by atoms with Gasteiger partial charge in [0.05, 0.1) is 11.8 Å². The summed E-state index contributed by atoms with van der Waals surface area (Å²) in [6, 6.07) is 14.9. The molecule has 2 aromatic rings. The van der Waals surface area contributed by atoms with Crippen molar-refractivity contribution in [2.24, 2.45) is 0 Å². The van der Waals surface area contributed by atoms with Crippen LogP contribution >= 0.6 is 0 Å². The quantitative estimate of drug-likeness (QED) is 0.689. The molecule has 0 radical (unpaired) electrons. The lowest BCUT2D eigenvalue weighted by Crippen LogP contribution is -2.14. The van der Waals surface area contributed by atoms with Gasteiger partial charge in [-0.3, -0.25) is 0 Å². The molecule has 0 aromatic heterocycles. The number of phenols is 1. The normalized spacial score (nSPS) is 15.1. The van der Waals surface area contributed by atoms with Crippen molar-refractivity contribution < 1.29 is 14.6 Å². The standard InChI is InChI=1S/C16H15NO3/c1-17-12-6-2-4-8-14(12)20-16(17)10-11-19-15-9-5-3-7-13(15)18/h2-10,18H,11H2,1H3/p+1/b16-10+. The van der Waals surface area contributed by atoms with Gasteiger partial charge >= 0.3 is 0 Å². The fourth-order valence-corrected chi connectivity index (χ4v) is 2.12. The van der Waals surface area contributed by atoms with Crippen LogP contribution < -0.4 is 9.64 Å². The van der Waals surface area contributed by atoms with Crippen molar-refractivity contribution in [3.05, 3.63) is 60.5 Å². The molecule has 0 bridgehead atoms. The van der Waals surface area contributed by atoms with Gasteiger partial charge in [0.15, 0.2) is 12.4 Å². The van der Waals surface area contributed by atoms with Crippen LogP contribution in [-0.4, -0.2) is 23.5 Å². The Kier molecular flexibility index (Phi) is 3.21. The van der Waals surface area contributed by atoms with Crippen molar-refractivity contribution in [2.75, 3.05) is 18.6 Å². The van der Waals surface area contributed by atoms with E-state index < -0.39 is 0 Å². The molecule has 2 N–H and O–H groups in total. The van der Waals surface area contributed by atoms with Crippen LogP contribution in [0.1, 0.15) is 0 Å². The van der Waals surface area contributed by atoms with E-state index in [-0.39, 0.29) is 5.75 Å². The number of phenolic OH excluding ortho intramolecular Hbond substituents is 1. The summed E-state index contributed by atoms with van der Waals surface area (Å²) >= 11 is 0. The minimum Gasteiger partial charge on any atom is -0.577 e. The molecule has 1 heterocycles. The Bertz CT molecular complexity index is 652. The molecule has 0 fully saturated rings. The van der Waals surface area contributed by atoms with Gasteiger partial charge in [0.2, 0.25) is 11.6 Å². The number of fused-ring (bicyclic) bond motifs is 1. The zero-order valence-electron chi connectivity index (χ0n) is 11.2. The maximum absolute atomic E-state index is 9.64. The lowest BCUT2D eigenvalue weighted by molar-refractivity contribution is 0.0891. The van der Waals surface area contributed by atoms with Crippen LogP contribution in [0.4, 0.5) is 5.69 Å². The number of para-hydroxylation sites is 4. The average molecular weight is 270 g/mol. The highest BCUT2D eigenvalue weighted by molar-refractivity contribution is 5.65. The second kappa shape index (κ2) is 5.17. The van der Waals surface area contributed by atoms with E-state index in [1.54, 1.807) is 18.2 Å². The van der Waals surface area contributed by atoms with Crippen LogP contribution in [-0.2, 0) is 0 Å².